The predicted molar refractivity (Wildman–Crippen MR) is 89.5 cm³/mol. The van der Waals surface area contributed by atoms with Gasteiger partial charge >= 0.3 is 0 Å². The van der Waals surface area contributed by atoms with Crippen molar-refractivity contribution in [3.05, 3.63) is 42.5 Å². The molecule has 3 heterocycles. The van der Waals surface area contributed by atoms with Gasteiger partial charge in [-0.05, 0) is 24.5 Å². The van der Waals surface area contributed by atoms with Crippen LogP contribution in [0.25, 0.3) is 0 Å². The van der Waals surface area contributed by atoms with Crippen molar-refractivity contribution in [3.63, 3.8) is 0 Å². The Morgan fingerprint density at radius 3 is 2.65 bits per heavy atom. The van der Waals surface area contributed by atoms with Crippen LogP contribution in [-0.2, 0) is 6.54 Å². The van der Waals surface area contributed by atoms with Crippen molar-refractivity contribution in [3.8, 4) is 5.88 Å². The molecule has 3 rings (SSSR count). The third kappa shape index (κ3) is 3.96. The summed E-state index contributed by atoms with van der Waals surface area (Å²) in [5.41, 5.74) is 1.23. The summed E-state index contributed by atoms with van der Waals surface area (Å²) in [6, 6.07) is 6.51. The van der Waals surface area contributed by atoms with E-state index in [-0.39, 0.29) is 0 Å². The third-order valence-electron chi connectivity index (χ3n) is 4.45. The molecule has 1 aliphatic rings. The van der Waals surface area contributed by atoms with Gasteiger partial charge in [0.2, 0.25) is 5.88 Å². The van der Waals surface area contributed by atoms with Gasteiger partial charge in [-0.15, -0.1) is 0 Å². The zero-order chi connectivity index (χ0) is 16.1. The molecule has 0 atom stereocenters. The highest BCUT2D eigenvalue weighted by molar-refractivity contribution is 5.36. The van der Waals surface area contributed by atoms with E-state index in [1.165, 1.54) is 5.56 Å². The fraction of sp³-hybridized carbons (Fsp3) is 0.471. The van der Waals surface area contributed by atoms with Gasteiger partial charge in [-0.2, -0.15) is 0 Å². The molecule has 0 radical (unpaired) electrons. The first-order valence-corrected chi connectivity index (χ1v) is 7.96. The molecule has 2 aromatic heterocycles. The smallest absolute Gasteiger partial charge is 0.212 e. The molecule has 6 heteroatoms. The van der Waals surface area contributed by atoms with Crippen LogP contribution < -0.4 is 9.64 Å². The monoisotopic (exact) mass is 313 g/mol. The van der Waals surface area contributed by atoms with Gasteiger partial charge in [-0.3, -0.25) is 4.90 Å². The number of ether oxygens (including phenoxy) is 1. The zero-order valence-electron chi connectivity index (χ0n) is 13.7. The van der Waals surface area contributed by atoms with Gasteiger partial charge in [0.05, 0.1) is 7.11 Å². The normalized spacial score (nSPS) is 16.3. The quantitative estimate of drug-likeness (QED) is 0.841. The third-order valence-corrected chi connectivity index (χ3v) is 4.45. The van der Waals surface area contributed by atoms with Crippen molar-refractivity contribution in [1.82, 2.24) is 19.9 Å². The lowest BCUT2D eigenvalue weighted by molar-refractivity contribution is 0.203. The lowest BCUT2D eigenvalue weighted by Crippen LogP contribution is -2.43. The van der Waals surface area contributed by atoms with Gasteiger partial charge in [0.1, 0.15) is 12.1 Å². The Labute approximate surface area is 137 Å². The van der Waals surface area contributed by atoms with Crippen molar-refractivity contribution < 1.29 is 4.74 Å². The summed E-state index contributed by atoms with van der Waals surface area (Å²) in [6.07, 6.45) is 7.59. The minimum absolute atomic E-state index is 0.537. The molecule has 0 amide bonds. The molecule has 6 nitrogen and oxygen atoms in total. The molecular formula is C17H23N5O. The average molecular weight is 313 g/mol. The molecule has 0 aromatic carbocycles. The Kier molecular flexibility index (Phi) is 5.02. The van der Waals surface area contributed by atoms with Crippen LogP contribution in [0.15, 0.2) is 36.9 Å². The lowest BCUT2D eigenvalue weighted by atomic mass is 10.0. The second-order valence-electron chi connectivity index (χ2n) is 5.89. The molecule has 1 fully saturated rings. The number of hydrogen-bond acceptors (Lipinski definition) is 6. The summed E-state index contributed by atoms with van der Waals surface area (Å²) < 4.78 is 5.10. The summed E-state index contributed by atoms with van der Waals surface area (Å²) in [4.78, 5) is 17.3. The number of hydrogen-bond donors (Lipinski definition) is 0. The van der Waals surface area contributed by atoms with Crippen LogP contribution in [0.2, 0.25) is 0 Å². The first kappa shape index (κ1) is 15.7. The van der Waals surface area contributed by atoms with Crippen molar-refractivity contribution in [1.29, 1.82) is 0 Å². The minimum Gasteiger partial charge on any atom is -0.481 e. The zero-order valence-corrected chi connectivity index (χ0v) is 13.7. The Balaban J connectivity index is 1.51. The number of anilines is 1. The summed E-state index contributed by atoms with van der Waals surface area (Å²) in [5.74, 6) is 1.66. The Hall–Kier alpha value is -2.21. The highest BCUT2D eigenvalue weighted by Gasteiger charge is 2.23. The van der Waals surface area contributed by atoms with Crippen molar-refractivity contribution in [2.45, 2.75) is 25.4 Å². The van der Waals surface area contributed by atoms with Crippen molar-refractivity contribution >= 4 is 5.82 Å². The molecule has 2 aromatic rings. The van der Waals surface area contributed by atoms with Crippen molar-refractivity contribution in [2.24, 2.45) is 0 Å². The molecule has 1 saturated heterocycles. The SMILES string of the molecule is COc1ccc(CN2CCC(N(C)c3ccncn3)CC2)cn1. The molecule has 0 saturated carbocycles. The van der Waals surface area contributed by atoms with E-state index in [0.29, 0.717) is 11.9 Å². The second-order valence-corrected chi connectivity index (χ2v) is 5.89. The van der Waals surface area contributed by atoms with Crippen molar-refractivity contribution in [2.75, 3.05) is 32.1 Å². The van der Waals surface area contributed by atoms with Gasteiger partial charge in [0, 0.05) is 51.2 Å². The van der Waals surface area contributed by atoms with E-state index in [9.17, 15) is 0 Å². The van der Waals surface area contributed by atoms with E-state index in [1.54, 1.807) is 19.6 Å². The molecule has 0 bridgehead atoms. The predicted octanol–water partition coefficient (Wildman–Crippen LogP) is 1.98. The number of nitrogens with zero attached hydrogens (tertiary/aromatic N) is 5. The number of methoxy groups -OCH3 is 1. The molecule has 122 valence electrons. The van der Waals surface area contributed by atoms with E-state index in [2.05, 4.69) is 37.9 Å². The van der Waals surface area contributed by atoms with Crippen LogP contribution in [0.4, 0.5) is 5.82 Å². The van der Waals surface area contributed by atoms with Crippen LogP contribution in [0.1, 0.15) is 18.4 Å². The molecule has 0 N–H and O–H groups in total. The van der Waals surface area contributed by atoms with Crippen LogP contribution in [0.5, 0.6) is 5.88 Å². The van der Waals surface area contributed by atoms with Crippen LogP contribution >= 0.6 is 0 Å². The number of rotatable bonds is 5. The number of likely N-dealkylation sites (tertiary alicyclic amines) is 1. The first-order chi connectivity index (χ1) is 11.3. The summed E-state index contributed by atoms with van der Waals surface area (Å²) in [6.45, 7) is 3.12. The fourth-order valence-corrected chi connectivity index (χ4v) is 3.03. The Bertz CT molecular complexity index is 596. The molecular weight excluding hydrogens is 290 g/mol. The van der Waals surface area contributed by atoms with Gasteiger partial charge in [-0.1, -0.05) is 6.07 Å². The van der Waals surface area contributed by atoms with Crippen LogP contribution in [-0.4, -0.2) is 53.1 Å². The number of piperidine rings is 1. The highest BCUT2D eigenvalue weighted by Crippen LogP contribution is 2.21. The molecule has 0 aliphatic carbocycles. The summed E-state index contributed by atoms with van der Waals surface area (Å²) in [5, 5.41) is 0. The second kappa shape index (κ2) is 7.37. The van der Waals surface area contributed by atoms with E-state index in [0.717, 1.165) is 38.3 Å². The Morgan fingerprint density at radius 1 is 1.22 bits per heavy atom. The molecule has 0 spiro atoms. The number of aromatic nitrogens is 3. The maximum atomic E-state index is 5.10. The van der Waals surface area contributed by atoms with Gasteiger partial charge in [0.15, 0.2) is 0 Å². The van der Waals surface area contributed by atoms with E-state index in [1.807, 2.05) is 18.3 Å². The van der Waals surface area contributed by atoms with Crippen LogP contribution in [0.3, 0.4) is 0 Å². The summed E-state index contributed by atoms with van der Waals surface area (Å²) >= 11 is 0. The largest absolute Gasteiger partial charge is 0.481 e. The van der Waals surface area contributed by atoms with Crippen LogP contribution in [0, 0.1) is 0 Å². The van der Waals surface area contributed by atoms with E-state index >= 15 is 0 Å². The van der Waals surface area contributed by atoms with Gasteiger partial charge in [0.25, 0.3) is 0 Å². The van der Waals surface area contributed by atoms with E-state index in [4.69, 9.17) is 4.74 Å². The Morgan fingerprint density at radius 2 is 2.04 bits per heavy atom. The fourth-order valence-electron chi connectivity index (χ4n) is 3.03. The average Bonchev–Trinajstić information content (AvgIpc) is 2.63. The molecule has 1 aliphatic heterocycles. The maximum Gasteiger partial charge on any atom is 0.212 e. The standard InChI is InChI=1S/C17H23N5O/c1-21(16-5-8-18-13-20-16)15-6-9-22(10-7-15)12-14-3-4-17(23-2)19-11-14/h3-5,8,11,13,15H,6-7,9-10,12H2,1-2H3. The minimum atomic E-state index is 0.537. The highest BCUT2D eigenvalue weighted by atomic mass is 16.5. The molecule has 23 heavy (non-hydrogen) atoms. The summed E-state index contributed by atoms with van der Waals surface area (Å²) in [7, 11) is 3.76. The van der Waals surface area contributed by atoms with Gasteiger partial charge in [-0.25, -0.2) is 15.0 Å². The lowest BCUT2D eigenvalue weighted by Gasteiger charge is -2.37. The number of pyridine rings is 1. The maximum absolute atomic E-state index is 5.10. The molecule has 0 unspecified atom stereocenters. The topological polar surface area (TPSA) is 54.4 Å². The van der Waals surface area contributed by atoms with E-state index < -0.39 is 0 Å². The van der Waals surface area contributed by atoms with Gasteiger partial charge < -0.3 is 9.64 Å². The first-order valence-electron chi connectivity index (χ1n) is 7.96.